The standard InChI is InChI=1S/C13H20N2O3S/c1-8(2)10-5-4-6-14(10)13-11(15(17)18)7-12(19-13)9(3)16/h7-10,16H,4-6H2,1-3H3. The lowest BCUT2D eigenvalue weighted by Gasteiger charge is -2.27. The molecular formula is C13H20N2O3S. The average molecular weight is 284 g/mol. The molecular weight excluding hydrogens is 264 g/mol. The van der Waals surface area contributed by atoms with Crippen LogP contribution in [-0.4, -0.2) is 22.6 Å². The molecule has 1 aliphatic heterocycles. The number of nitrogens with zero attached hydrogens (tertiary/aromatic N) is 2. The van der Waals surface area contributed by atoms with Gasteiger partial charge in [-0.2, -0.15) is 0 Å². The first-order valence-corrected chi connectivity index (χ1v) is 7.46. The highest BCUT2D eigenvalue weighted by Gasteiger charge is 2.34. The Morgan fingerprint density at radius 2 is 2.21 bits per heavy atom. The molecule has 0 spiro atoms. The fourth-order valence-electron chi connectivity index (χ4n) is 2.67. The van der Waals surface area contributed by atoms with Gasteiger partial charge >= 0.3 is 5.69 Å². The molecule has 2 rings (SSSR count). The molecule has 1 aromatic heterocycles. The van der Waals surface area contributed by atoms with Crippen LogP contribution in [0.5, 0.6) is 0 Å². The maximum absolute atomic E-state index is 11.2. The van der Waals surface area contributed by atoms with Crippen LogP contribution in [0.4, 0.5) is 10.7 Å². The lowest BCUT2D eigenvalue weighted by atomic mass is 10.0. The van der Waals surface area contributed by atoms with E-state index in [-0.39, 0.29) is 10.6 Å². The van der Waals surface area contributed by atoms with Gasteiger partial charge in [-0.3, -0.25) is 10.1 Å². The molecule has 19 heavy (non-hydrogen) atoms. The van der Waals surface area contributed by atoms with Gasteiger partial charge in [0.1, 0.15) is 0 Å². The molecule has 0 saturated carbocycles. The zero-order valence-corrected chi connectivity index (χ0v) is 12.3. The number of aliphatic hydroxyl groups is 1. The van der Waals surface area contributed by atoms with E-state index in [0.29, 0.717) is 21.8 Å². The van der Waals surface area contributed by atoms with Crippen LogP contribution in [0.3, 0.4) is 0 Å². The zero-order valence-electron chi connectivity index (χ0n) is 11.5. The van der Waals surface area contributed by atoms with Crippen LogP contribution < -0.4 is 4.90 Å². The second-order valence-corrected chi connectivity index (χ2v) is 6.48. The second-order valence-electron chi connectivity index (χ2n) is 5.42. The summed E-state index contributed by atoms with van der Waals surface area (Å²) in [7, 11) is 0. The molecule has 6 heteroatoms. The van der Waals surface area contributed by atoms with Crippen molar-refractivity contribution < 1.29 is 10.0 Å². The Bertz CT molecular complexity index is 470. The van der Waals surface area contributed by atoms with Crippen molar-refractivity contribution in [3.8, 4) is 0 Å². The van der Waals surface area contributed by atoms with Crippen molar-refractivity contribution in [2.75, 3.05) is 11.4 Å². The number of hydrogen-bond donors (Lipinski definition) is 1. The molecule has 0 amide bonds. The van der Waals surface area contributed by atoms with Gasteiger partial charge in [0.15, 0.2) is 5.00 Å². The fraction of sp³-hybridized carbons (Fsp3) is 0.692. The summed E-state index contributed by atoms with van der Waals surface area (Å²) in [6.45, 7) is 6.81. The van der Waals surface area contributed by atoms with Crippen LogP contribution in [0.15, 0.2) is 6.07 Å². The van der Waals surface area contributed by atoms with Crippen LogP contribution in [0.2, 0.25) is 0 Å². The molecule has 2 unspecified atom stereocenters. The minimum atomic E-state index is -0.655. The molecule has 0 aliphatic carbocycles. The summed E-state index contributed by atoms with van der Waals surface area (Å²) < 4.78 is 0. The molecule has 1 saturated heterocycles. The number of aliphatic hydroxyl groups excluding tert-OH is 1. The van der Waals surface area contributed by atoms with Crippen molar-refractivity contribution in [1.29, 1.82) is 0 Å². The van der Waals surface area contributed by atoms with Crippen molar-refractivity contribution in [2.24, 2.45) is 5.92 Å². The van der Waals surface area contributed by atoms with E-state index < -0.39 is 6.10 Å². The summed E-state index contributed by atoms with van der Waals surface area (Å²) >= 11 is 1.35. The molecule has 0 aromatic carbocycles. The third-order valence-electron chi connectivity index (χ3n) is 3.65. The van der Waals surface area contributed by atoms with Crippen LogP contribution in [0, 0.1) is 16.0 Å². The van der Waals surface area contributed by atoms with E-state index in [9.17, 15) is 15.2 Å². The van der Waals surface area contributed by atoms with Gasteiger partial charge in [0.2, 0.25) is 0 Å². The second kappa shape index (κ2) is 5.46. The molecule has 106 valence electrons. The Hall–Kier alpha value is -1.14. The van der Waals surface area contributed by atoms with Crippen molar-refractivity contribution in [2.45, 2.75) is 45.8 Å². The highest BCUT2D eigenvalue weighted by atomic mass is 32.1. The van der Waals surface area contributed by atoms with Gasteiger partial charge in [-0.25, -0.2) is 0 Å². The van der Waals surface area contributed by atoms with Gasteiger partial charge in [-0.1, -0.05) is 13.8 Å². The third kappa shape index (κ3) is 2.74. The van der Waals surface area contributed by atoms with E-state index in [4.69, 9.17) is 0 Å². The molecule has 1 aliphatic rings. The molecule has 2 heterocycles. The van der Waals surface area contributed by atoms with Crippen molar-refractivity contribution in [3.63, 3.8) is 0 Å². The Kier molecular flexibility index (Phi) is 4.10. The van der Waals surface area contributed by atoms with E-state index in [1.54, 1.807) is 6.92 Å². The topological polar surface area (TPSA) is 66.6 Å². The Balaban J connectivity index is 2.40. The maximum atomic E-state index is 11.2. The Morgan fingerprint density at radius 1 is 1.53 bits per heavy atom. The predicted octanol–water partition coefficient (Wildman–Crippen LogP) is 3.33. The minimum absolute atomic E-state index is 0.133. The lowest BCUT2D eigenvalue weighted by molar-refractivity contribution is -0.383. The van der Waals surface area contributed by atoms with Crippen LogP contribution in [0.1, 0.15) is 44.6 Å². The van der Waals surface area contributed by atoms with Gasteiger partial charge in [0.25, 0.3) is 0 Å². The third-order valence-corrected chi connectivity index (χ3v) is 4.98. The van der Waals surface area contributed by atoms with E-state index in [1.807, 2.05) is 0 Å². The first-order valence-electron chi connectivity index (χ1n) is 6.64. The van der Waals surface area contributed by atoms with E-state index in [2.05, 4.69) is 18.7 Å². The number of anilines is 1. The summed E-state index contributed by atoms with van der Waals surface area (Å²) in [5.74, 6) is 0.471. The van der Waals surface area contributed by atoms with Crippen LogP contribution in [0.25, 0.3) is 0 Å². The number of thiophene rings is 1. The predicted molar refractivity (Wildman–Crippen MR) is 76.8 cm³/mol. The monoisotopic (exact) mass is 284 g/mol. The smallest absolute Gasteiger partial charge is 0.304 e. The largest absolute Gasteiger partial charge is 0.388 e. The summed E-state index contributed by atoms with van der Waals surface area (Å²) in [5, 5.41) is 21.5. The van der Waals surface area contributed by atoms with Gasteiger partial charge in [-0.05, 0) is 25.7 Å². The Labute approximate surface area is 117 Å². The van der Waals surface area contributed by atoms with Gasteiger partial charge in [0.05, 0.1) is 11.0 Å². The average Bonchev–Trinajstić information content (AvgIpc) is 2.95. The summed E-state index contributed by atoms with van der Waals surface area (Å²) in [6.07, 6.45) is 1.50. The first kappa shape index (κ1) is 14.3. The molecule has 2 atom stereocenters. The molecule has 1 N–H and O–H groups in total. The van der Waals surface area contributed by atoms with Gasteiger partial charge in [0, 0.05) is 23.5 Å². The molecule has 0 radical (unpaired) electrons. The van der Waals surface area contributed by atoms with Gasteiger partial charge in [-0.15, -0.1) is 11.3 Å². The maximum Gasteiger partial charge on any atom is 0.304 e. The number of hydrogen-bond acceptors (Lipinski definition) is 5. The minimum Gasteiger partial charge on any atom is -0.388 e. The fourth-order valence-corrected chi connectivity index (χ4v) is 3.82. The van der Waals surface area contributed by atoms with Crippen molar-refractivity contribution in [1.82, 2.24) is 0 Å². The van der Waals surface area contributed by atoms with E-state index in [0.717, 1.165) is 19.4 Å². The highest BCUT2D eigenvalue weighted by molar-refractivity contribution is 7.16. The van der Waals surface area contributed by atoms with Gasteiger partial charge < -0.3 is 10.0 Å². The van der Waals surface area contributed by atoms with E-state index in [1.165, 1.54) is 17.4 Å². The number of rotatable bonds is 4. The SMILES string of the molecule is CC(O)c1cc([N+](=O)[O-])c(N2CCCC2C(C)C)s1. The zero-order chi connectivity index (χ0) is 14.2. The summed E-state index contributed by atoms with van der Waals surface area (Å²) in [4.78, 5) is 13.7. The highest BCUT2D eigenvalue weighted by Crippen LogP contribution is 2.43. The normalized spacial score (nSPS) is 21.1. The lowest BCUT2D eigenvalue weighted by Crippen LogP contribution is -2.33. The quantitative estimate of drug-likeness (QED) is 0.680. The van der Waals surface area contributed by atoms with E-state index >= 15 is 0 Å². The molecule has 1 fully saturated rings. The van der Waals surface area contributed by atoms with Crippen LogP contribution in [-0.2, 0) is 0 Å². The molecule has 5 nitrogen and oxygen atoms in total. The Morgan fingerprint density at radius 3 is 2.74 bits per heavy atom. The summed E-state index contributed by atoms with van der Waals surface area (Å²) in [5.41, 5.74) is 0.133. The number of nitro groups is 1. The molecule has 0 bridgehead atoms. The first-order chi connectivity index (χ1) is 8.91. The molecule has 1 aromatic rings. The van der Waals surface area contributed by atoms with Crippen molar-refractivity contribution in [3.05, 3.63) is 21.1 Å². The van der Waals surface area contributed by atoms with Crippen LogP contribution >= 0.6 is 11.3 Å². The van der Waals surface area contributed by atoms with Crippen molar-refractivity contribution >= 4 is 22.0 Å². The summed E-state index contributed by atoms with van der Waals surface area (Å²) in [6, 6.07) is 1.87.